The lowest BCUT2D eigenvalue weighted by molar-refractivity contribution is -0.138. The van der Waals surface area contributed by atoms with E-state index in [2.05, 4.69) is 21.2 Å². The molecule has 0 radical (unpaired) electrons. The Labute approximate surface area is 107 Å². The number of fused-ring (bicyclic) bond motifs is 1. The van der Waals surface area contributed by atoms with Crippen molar-refractivity contribution in [1.82, 2.24) is 0 Å². The summed E-state index contributed by atoms with van der Waals surface area (Å²) >= 11 is 3.31. The lowest BCUT2D eigenvalue weighted by atomic mass is 10.1. The smallest absolute Gasteiger partial charge is 0.326 e. The first-order chi connectivity index (χ1) is 7.99. The first-order valence-electron chi connectivity index (χ1n) is 5.08. The van der Waals surface area contributed by atoms with Crippen LogP contribution in [0.5, 0.6) is 0 Å². The van der Waals surface area contributed by atoms with Crippen LogP contribution in [-0.2, 0) is 9.59 Å². The lowest BCUT2D eigenvalue weighted by Gasteiger charge is -2.33. The van der Waals surface area contributed by atoms with Crippen LogP contribution in [0.1, 0.15) is 6.92 Å². The predicted molar refractivity (Wildman–Crippen MR) is 67.2 cm³/mol. The van der Waals surface area contributed by atoms with Crippen molar-refractivity contribution in [2.45, 2.75) is 13.0 Å². The van der Waals surface area contributed by atoms with Gasteiger partial charge in [-0.1, -0.05) is 15.9 Å². The zero-order valence-electron chi connectivity index (χ0n) is 9.11. The Morgan fingerprint density at radius 2 is 2.29 bits per heavy atom. The lowest BCUT2D eigenvalue weighted by Crippen LogP contribution is -2.46. The third kappa shape index (κ3) is 2.26. The molecule has 0 aliphatic carbocycles. The molecule has 2 N–H and O–H groups in total. The number of aliphatic carboxylic acids is 1. The summed E-state index contributed by atoms with van der Waals surface area (Å²) in [5, 5.41) is 11.7. The molecule has 1 amide bonds. The summed E-state index contributed by atoms with van der Waals surface area (Å²) in [5.74, 6) is -1.16. The van der Waals surface area contributed by atoms with Gasteiger partial charge in [0, 0.05) is 4.47 Å². The molecule has 1 aromatic carbocycles. The molecule has 6 heteroatoms. The third-order valence-corrected chi connectivity index (χ3v) is 3.17. The Hall–Kier alpha value is -1.56. The highest BCUT2D eigenvalue weighted by molar-refractivity contribution is 9.10. The van der Waals surface area contributed by atoms with Crippen LogP contribution in [0.15, 0.2) is 22.7 Å². The van der Waals surface area contributed by atoms with Gasteiger partial charge in [-0.2, -0.15) is 0 Å². The average molecular weight is 299 g/mol. The molecule has 1 aromatic rings. The second-order valence-electron chi connectivity index (χ2n) is 3.85. The summed E-state index contributed by atoms with van der Waals surface area (Å²) in [6.45, 7) is 1.62. The third-order valence-electron chi connectivity index (χ3n) is 2.68. The van der Waals surface area contributed by atoms with Gasteiger partial charge in [-0.05, 0) is 25.1 Å². The Kier molecular flexibility index (Phi) is 3.06. The summed E-state index contributed by atoms with van der Waals surface area (Å²) in [5.41, 5.74) is 1.35. The van der Waals surface area contributed by atoms with E-state index in [0.717, 1.165) is 10.2 Å². The minimum atomic E-state index is -0.950. The topological polar surface area (TPSA) is 69.6 Å². The van der Waals surface area contributed by atoms with E-state index in [0.29, 0.717) is 5.69 Å². The van der Waals surface area contributed by atoms with Crippen LogP contribution >= 0.6 is 15.9 Å². The molecule has 0 saturated heterocycles. The summed E-state index contributed by atoms with van der Waals surface area (Å²) in [6.07, 6.45) is 0. The zero-order valence-corrected chi connectivity index (χ0v) is 10.7. The van der Waals surface area contributed by atoms with Crippen molar-refractivity contribution in [2.24, 2.45) is 0 Å². The summed E-state index contributed by atoms with van der Waals surface area (Å²) in [7, 11) is 0. The van der Waals surface area contributed by atoms with Crippen LogP contribution in [0.25, 0.3) is 0 Å². The number of carbonyl (C=O) groups excluding carboxylic acids is 1. The summed E-state index contributed by atoms with van der Waals surface area (Å²) < 4.78 is 0.835. The normalized spacial score (nSPS) is 16.1. The van der Waals surface area contributed by atoms with Gasteiger partial charge in [0.1, 0.15) is 6.04 Å². The summed E-state index contributed by atoms with van der Waals surface area (Å²) in [4.78, 5) is 24.1. The number of benzene rings is 1. The monoisotopic (exact) mass is 298 g/mol. The second-order valence-corrected chi connectivity index (χ2v) is 4.77. The molecule has 90 valence electrons. The fourth-order valence-electron chi connectivity index (χ4n) is 1.77. The predicted octanol–water partition coefficient (Wildman–Crippen LogP) is 1.68. The number of hydrogen-bond donors (Lipinski definition) is 2. The number of carboxylic acids is 1. The number of hydrogen-bond acceptors (Lipinski definition) is 3. The molecular weight excluding hydrogens is 288 g/mol. The number of nitrogens with one attached hydrogen (secondary N) is 1. The number of rotatable bonds is 2. The number of carbonyl (C=O) groups is 2. The van der Waals surface area contributed by atoms with Gasteiger partial charge < -0.3 is 15.3 Å². The van der Waals surface area contributed by atoms with Gasteiger partial charge in [0.2, 0.25) is 5.91 Å². The maximum atomic E-state index is 11.5. The molecule has 1 unspecified atom stereocenters. The van der Waals surface area contributed by atoms with Crippen LogP contribution in [0.2, 0.25) is 0 Å². The van der Waals surface area contributed by atoms with E-state index in [9.17, 15) is 9.59 Å². The molecule has 1 aliphatic heterocycles. The van der Waals surface area contributed by atoms with Crippen LogP contribution in [-0.4, -0.2) is 29.6 Å². The SMILES string of the molecule is CC(C(=O)O)N1CC(=O)Nc2cc(Br)ccc21. The Bertz CT molecular complexity index is 490. The maximum absolute atomic E-state index is 11.5. The van der Waals surface area contributed by atoms with E-state index in [4.69, 9.17) is 5.11 Å². The fraction of sp³-hybridized carbons (Fsp3) is 0.273. The number of carboxylic acid groups (broad SMARTS) is 1. The first kappa shape index (κ1) is 11.9. The molecule has 1 aliphatic rings. The molecule has 0 aromatic heterocycles. The average Bonchev–Trinajstić information content (AvgIpc) is 2.26. The molecule has 1 heterocycles. The molecule has 17 heavy (non-hydrogen) atoms. The highest BCUT2D eigenvalue weighted by Gasteiger charge is 2.29. The Morgan fingerprint density at radius 3 is 2.94 bits per heavy atom. The Balaban J connectivity index is 2.44. The fourth-order valence-corrected chi connectivity index (χ4v) is 2.13. The van der Waals surface area contributed by atoms with Gasteiger partial charge in [-0.3, -0.25) is 4.79 Å². The minimum Gasteiger partial charge on any atom is -0.480 e. The van der Waals surface area contributed by atoms with Crippen molar-refractivity contribution in [3.05, 3.63) is 22.7 Å². The van der Waals surface area contributed by atoms with E-state index >= 15 is 0 Å². The van der Waals surface area contributed by atoms with E-state index in [1.807, 2.05) is 6.07 Å². The van der Waals surface area contributed by atoms with Gasteiger partial charge in [0.15, 0.2) is 0 Å². The molecule has 1 atom stereocenters. The zero-order chi connectivity index (χ0) is 12.6. The largest absolute Gasteiger partial charge is 0.480 e. The minimum absolute atomic E-state index is 0.0576. The molecule has 2 rings (SSSR count). The Morgan fingerprint density at radius 1 is 1.59 bits per heavy atom. The van der Waals surface area contributed by atoms with Gasteiger partial charge in [-0.15, -0.1) is 0 Å². The van der Waals surface area contributed by atoms with Crippen LogP contribution in [0, 0.1) is 0 Å². The van der Waals surface area contributed by atoms with Crippen LogP contribution < -0.4 is 10.2 Å². The van der Waals surface area contributed by atoms with E-state index < -0.39 is 12.0 Å². The van der Waals surface area contributed by atoms with E-state index in [-0.39, 0.29) is 12.5 Å². The van der Waals surface area contributed by atoms with Gasteiger partial charge in [0.25, 0.3) is 0 Å². The van der Waals surface area contributed by atoms with Crippen LogP contribution in [0.3, 0.4) is 0 Å². The number of amides is 1. The molecule has 0 saturated carbocycles. The molecule has 0 bridgehead atoms. The van der Waals surface area contributed by atoms with E-state index in [1.165, 1.54) is 0 Å². The number of halogens is 1. The molecule has 0 spiro atoms. The van der Waals surface area contributed by atoms with Gasteiger partial charge in [0.05, 0.1) is 17.9 Å². The van der Waals surface area contributed by atoms with Crippen molar-refractivity contribution in [1.29, 1.82) is 0 Å². The number of anilines is 2. The highest BCUT2D eigenvalue weighted by atomic mass is 79.9. The van der Waals surface area contributed by atoms with Crippen molar-refractivity contribution in [3.63, 3.8) is 0 Å². The number of nitrogens with zero attached hydrogens (tertiary/aromatic N) is 1. The summed E-state index contributed by atoms with van der Waals surface area (Å²) in [6, 6.07) is 4.63. The van der Waals surface area contributed by atoms with Gasteiger partial charge >= 0.3 is 5.97 Å². The second kappa shape index (κ2) is 4.37. The van der Waals surface area contributed by atoms with Crippen LogP contribution in [0.4, 0.5) is 11.4 Å². The molecular formula is C11H11BrN2O3. The van der Waals surface area contributed by atoms with Crippen molar-refractivity contribution in [2.75, 3.05) is 16.8 Å². The standard InChI is InChI=1S/C11H11BrN2O3/c1-6(11(16)17)14-5-10(15)13-8-4-7(12)2-3-9(8)14/h2-4,6H,5H2,1H3,(H,13,15)(H,16,17). The molecule has 5 nitrogen and oxygen atoms in total. The van der Waals surface area contributed by atoms with Crippen molar-refractivity contribution >= 4 is 39.2 Å². The highest BCUT2D eigenvalue weighted by Crippen LogP contribution is 2.33. The van der Waals surface area contributed by atoms with Gasteiger partial charge in [-0.25, -0.2) is 4.79 Å². The first-order valence-corrected chi connectivity index (χ1v) is 5.87. The maximum Gasteiger partial charge on any atom is 0.326 e. The van der Waals surface area contributed by atoms with Crippen molar-refractivity contribution < 1.29 is 14.7 Å². The van der Waals surface area contributed by atoms with Crippen molar-refractivity contribution in [3.8, 4) is 0 Å². The quantitative estimate of drug-likeness (QED) is 0.871. The van der Waals surface area contributed by atoms with E-state index in [1.54, 1.807) is 24.0 Å². The molecule has 0 fully saturated rings.